The van der Waals surface area contributed by atoms with Gasteiger partial charge in [0.05, 0.1) is 17.7 Å². The summed E-state index contributed by atoms with van der Waals surface area (Å²) in [5.74, 6) is -1.22. The number of halogens is 2. The van der Waals surface area contributed by atoms with Crippen molar-refractivity contribution in [2.45, 2.75) is 6.92 Å². The molecule has 0 atom stereocenters. The third-order valence-electron chi connectivity index (χ3n) is 3.30. The second-order valence-corrected chi connectivity index (χ2v) is 7.37. The molecule has 0 aromatic heterocycles. The molecule has 0 fully saturated rings. The summed E-state index contributed by atoms with van der Waals surface area (Å²) in [6.45, 7) is 1.22. The Balaban J connectivity index is 2.33. The van der Waals surface area contributed by atoms with Crippen LogP contribution in [0.15, 0.2) is 53.9 Å². The summed E-state index contributed by atoms with van der Waals surface area (Å²) < 4.78 is 44.3. The first-order valence-electron chi connectivity index (χ1n) is 7.69. The van der Waals surface area contributed by atoms with E-state index in [2.05, 4.69) is 0 Å². The summed E-state index contributed by atoms with van der Waals surface area (Å²) in [6, 6.07) is 11.4. The quantitative estimate of drug-likeness (QED) is 0.666. The molecule has 5 nitrogen and oxygen atoms in total. The van der Waals surface area contributed by atoms with Crippen molar-refractivity contribution in [1.82, 2.24) is 0 Å². The van der Waals surface area contributed by atoms with Gasteiger partial charge in [0.15, 0.2) is 0 Å². The van der Waals surface area contributed by atoms with Crippen molar-refractivity contribution in [2.24, 2.45) is 0 Å². The van der Waals surface area contributed by atoms with Crippen LogP contribution in [0, 0.1) is 5.82 Å². The molecule has 0 unspecified atom stereocenters. The van der Waals surface area contributed by atoms with Crippen LogP contribution in [0.4, 0.5) is 10.1 Å². The number of esters is 1. The Kier molecular flexibility index (Phi) is 6.76. The van der Waals surface area contributed by atoms with Gasteiger partial charge in [-0.2, -0.15) is 0 Å². The molecule has 0 saturated carbocycles. The van der Waals surface area contributed by atoms with E-state index >= 15 is 0 Å². The van der Waals surface area contributed by atoms with Crippen molar-refractivity contribution in [3.8, 4) is 0 Å². The van der Waals surface area contributed by atoms with Gasteiger partial charge in [-0.1, -0.05) is 23.7 Å². The first kappa shape index (κ1) is 19.9. The third-order valence-corrected chi connectivity index (χ3v) is 4.99. The second kappa shape index (κ2) is 8.82. The lowest BCUT2D eigenvalue weighted by atomic mass is 10.2. The molecular weight excluding hydrogens is 381 g/mol. The lowest BCUT2D eigenvalue weighted by Gasteiger charge is -2.21. The van der Waals surface area contributed by atoms with Crippen molar-refractivity contribution in [2.75, 3.05) is 17.5 Å². The average molecular weight is 398 g/mol. The normalized spacial score (nSPS) is 11.5. The number of nitrogens with zero attached hydrogens (tertiary/aromatic N) is 1. The van der Waals surface area contributed by atoms with E-state index in [0.717, 1.165) is 21.8 Å². The van der Waals surface area contributed by atoms with Gasteiger partial charge in [-0.25, -0.2) is 12.8 Å². The maximum Gasteiger partial charge on any atom is 0.326 e. The van der Waals surface area contributed by atoms with Gasteiger partial charge < -0.3 is 4.74 Å². The summed E-state index contributed by atoms with van der Waals surface area (Å²) in [7, 11) is -4.01. The number of benzene rings is 2. The molecule has 0 radical (unpaired) electrons. The molecule has 0 heterocycles. The zero-order valence-corrected chi connectivity index (χ0v) is 15.5. The number of carbonyl (C=O) groups excluding carboxylic acids is 1. The Labute approximate surface area is 156 Å². The molecule has 8 heteroatoms. The van der Waals surface area contributed by atoms with Crippen molar-refractivity contribution < 1.29 is 22.3 Å². The molecule has 0 aliphatic rings. The number of hydrogen-bond acceptors (Lipinski definition) is 4. The van der Waals surface area contributed by atoms with E-state index in [1.165, 1.54) is 18.2 Å². The van der Waals surface area contributed by atoms with Crippen LogP contribution < -0.4 is 4.31 Å². The average Bonchev–Trinajstić information content (AvgIpc) is 2.60. The minimum Gasteiger partial charge on any atom is -0.465 e. The molecule has 2 rings (SSSR count). The Hall–Kier alpha value is -2.38. The largest absolute Gasteiger partial charge is 0.465 e. The van der Waals surface area contributed by atoms with E-state index in [0.29, 0.717) is 10.6 Å². The van der Waals surface area contributed by atoms with Crippen LogP contribution >= 0.6 is 11.6 Å². The molecular formula is C18H17ClFNO4S. The number of ether oxygens (including phenoxy) is 1. The van der Waals surface area contributed by atoms with Crippen LogP contribution in [0.2, 0.25) is 5.02 Å². The number of rotatable bonds is 7. The van der Waals surface area contributed by atoms with Crippen molar-refractivity contribution in [3.05, 3.63) is 70.3 Å². The lowest BCUT2D eigenvalue weighted by Crippen LogP contribution is -2.35. The molecule has 0 N–H and O–H groups in total. The fraction of sp³-hybridized carbons (Fsp3) is 0.167. The van der Waals surface area contributed by atoms with Crippen LogP contribution in [0.25, 0.3) is 6.08 Å². The number of hydrogen-bond donors (Lipinski definition) is 0. The summed E-state index contributed by atoms with van der Waals surface area (Å²) in [5, 5.41) is 1.50. The van der Waals surface area contributed by atoms with Gasteiger partial charge in [0.1, 0.15) is 12.4 Å². The lowest BCUT2D eigenvalue weighted by molar-refractivity contribution is -0.141. The van der Waals surface area contributed by atoms with Gasteiger partial charge in [-0.3, -0.25) is 9.10 Å². The topological polar surface area (TPSA) is 63.7 Å². The number of carbonyl (C=O) groups is 1. The minimum atomic E-state index is -4.01. The van der Waals surface area contributed by atoms with Crippen LogP contribution in [-0.4, -0.2) is 27.5 Å². The molecule has 0 aliphatic heterocycles. The first-order valence-corrected chi connectivity index (χ1v) is 9.57. The van der Waals surface area contributed by atoms with Gasteiger partial charge in [0, 0.05) is 5.02 Å². The van der Waals surface area contributed by atoms with Gasteiger partial charge in [-0.15, -0.1) is 0 Å². The van der Waals surface area contributed by atoms with Crippen LogP contribution in [0.5, 0.6) is 0 Å². The molecule has 0 aliphatic carbocycles. The zero-order valence-electron chi connectivity index (χ0n) is 13.9. The highest BCUT2D eigenvalue weighted by atomic mass is 35.5. The monoisotopic (exact) mass is 397 g/mol. The summed E-state index contributed by atoms with van der Waals surface area (Å²) >= 11 is 5.80. The van der Waals surface area contributed by atoms with Crippen LogP contribution in [0.3, 0.4) is 0 Å². The van der Waals surface area contributed by atoms with Gasteiger partial charge in [0.2, 0.25) is 0 Å². The van der Waals surface area contributed by atoms with E-state index in [1.807, 2.05) is 0 Å². The van der Waals surface area contributed by atoms with Crippen LogP contribution in [-0.2, 0) is 19.6 Å². The SMILES string of the molecule is CCOC(=O)CN(c1ccc(F)cc1)S(=O)(=O)/C=C/c1ccc(Cl)cc1. The molecule has 0 spiro atoms. The maximum atomic E-state index is 13.1. The zero-order chi connectivity index (χ0) is 19.2. The minimum absolute atomic E-state index is 0.122. The fourth-order valence-electron chi connectivity index (χ4n) is 2.07. The van der Waals surface area contributed by atoms with Gasteiger partial charge in [0.25, 0.3) is 10.0 Å². The number of anilines is 1. The first-order chi connectivity index (χ1) is 12.3. The standard InChI is InChI=1S/C18H17ClFNO4S/c1-2-25-18(22)13-21(17-9-7-16(20)8-10-17)26(23,24)12-11-14-3-5-15(19)6-4-14/h3-12H,2,13H2,1H3/b12-11+. The number of sulfonamides is 1. The molecule has 0 bridgehead atoms. The van der Waals surface area contributed by atoms with Gasteiger partial charge >= 0.3 is 5.97 Å². The van der Waals surface area contributed by atoms with E-state index < -0.39 is 28.4 Å². The highest BCUT2D eigenvalue weighted by molar-refractivity contribution is 7.95. The van der Waals surface area contributed by atoms with Gasteiger partial charge in [-0.05, 0) is 55.0 Å². The molecule has 2 aromatic carbocycles. The summed E-state index contributed by atoms with van der Waals surface area (Å²) in [5.41, 5.74) is 0.772. The van der Waals surface area contributed by atoms with Crippen molar-refractivity contribution in [3.63, 3.8) is 0 Å². The predicted octanol–water partition coefficient (Wildman–Crippen LogP) is 3.85. The molecule has 0 saturated heterocycles. The fourth-order valence-corrected chi connectivity index (χ4v) is 3.37. The predicted molar refractivity (Wildman–Crippen MR) is 99.8 cm³/mol. The van der Waals surface area contributed by atoms with Crippen LogP contribution in [0.1, 0.15) is 12.5 Å². The Morgan fingerprint density at radius 1 is 1.15 bits per heavy atom. The highest BCUT2D eigenvalue weighted by Gasteiger charge is 2.23. The van der Waals surface area contributed by atoms with Crippen molar-refractivity contribution in [1.29, 1.82) is 0 Å². The van der Waals surface area contributed by atoms with E-state index in [-0.39, 0.29) is 12.3 Å². The highest BCUT2D eigenvalue weighted by Crippen LogP contribution is 2.20. The van der Waals surface area contributed by atoms with E-state index in [4.69, 9.17) is 16.3 Å². The molecule has 0 amide bonds. The third kappa shape index (κ3) is 5.57. The second-order valence-electron chi connectivity index (χ2n) is 5.19. The van der Waals surface area contributed by atoms with E-state index in [9.17, 15) is 17.6 Å². The Morgan fingerprint density at radius 2 is 1.77 bits per heavy atom. The molecule has 2 aromatic rings. The summed E-state index contributed by atoms with van der Waals surface area (Å²) in [4.78, 5) is 11.8. The maximum absolute atomic E-state index is 13.1. The molecule has 26 heavy (non-hydrogen) atoms. The molecule has 138 valence electrons. The Bertz CT molecular complexity index is 880. The van der Waals surface area contributed by atoms with E-state index in [1.54, 1.807) is 31.2 Å². The summed E-state index contributed by atoms with van der Waals surface area (Å²) in [6.07, 6.45) is 1.38. The van der Waals surface area contributed by atoms with Crippen molar-refractivity contribution >= 4 is 39.4 Å². The smallest absolute Gasteiger partial charge is 0.326 e. The Morgan fingerprint density at radius 3 is 2.35 bits per heavy atom.